The van der Waals surface area contributed by atoms with Gasteiger partial charge in [0.05, 0.1) is 10.9 Å². The van der Waals surface area contributed by atoms with E-state index in [-0.39, 0.29) is 10.9 Å². The van der Waals surface area contributed by atoms with Crippen LogP contribution in [-0.4, -0.2) is 47.2 Å². The summed E-state index contributed by atoms with van der Waals surface area (Å²) in [5.41, 5.74) is 1.20. The highest BCUT2D eigenvalue weighted by Gasteiger charge is 2.39. The zero-order valence-corrected chi connectivity index (χ0v) is 19.3. The summed E-state index contributed by atoms with van der Waals surface area (Å²) in [7, 11) is -1.82. The van der Waals surface area contributed by atoms with E-state index in [4.69, 9.17) is 9.47 Å². The number of hydrogen-bond acceptors (Lipinski definition) is 7. The number of hydrogen-bond donors (Lipinski definition) is 0. The van der Waals surface area contributed by atoms with E-state index in [1.54, 1.807) is 30.0 Å². The molecule has 32 heavy (non-hydrogen) atoms. The Kier molecular flexibility index (Phi) is 5.83. The number of benzene rings is 2. The number of thioether (sulfide) groups is 1. The van der Waals surface area contributed by atoms with Crippen LogP contribution in [0.1, 0.15) is 30.3 Å². The lowest BCUT2D eigenvalue weighted by Crippen LogP contribution is -2.32. The zero-order chi connectivity index (χ0) is 22.1. The van der Waals surface area contributed by atoms with Crippen molar-refractivity contribution in [1.29, 1.82) is 0 Å². The highest BCUT2D eigenvalue weighted by Crippen LogP contribution is 2.39. The molecule has 0 aliphatic carbocycles. The third-order valence-corrected chi connectivity index (χ3v) is 8.70. The second-order valence-corrected chi connectivity index (χ2v) is 10.6. The second-order valence-electron chi connectivity index (χ2n) is 7.75. The van der Waals surface area contributed by atoms with Gasteiger partial charge in [0.1, 0.15) is 13.2 Å². The fourth-order valence-electron chi connectivity index (χ4n) is 4.07. The molecule has 0 spiro atoms. The van der Waals surface area contributed by atoms with E-state index in [0.29, 0.717) is 43.5 Å². The molecule has 0 radical (unpaired) electrons. The molecule has 10 heteroatoms. The largest absolute Gasteiger partial charge is 0.486 e. The molecular weight excluding hydrogens is 448 g/mol. The molecule has 2 aliphatic heterocycles. The molecule has 8 nitrogen and oxygen atoms in total. The van der Waals surface area contributed by atoms with Gasteiger partial charge in [-0.25, -0.2) is 8.42 Å². The van der Waals surface area contributed by atoms with Crippen molar-refractivity contribution < 1.29 is 17.9 Å². The van der Waals surface area contributed by atoms with E-state index in [2.05, 4.69) is 22.3 Å². The number of fused-ring (bicyclic) bond motifs is 1. The Morgan fingerprint density at radius 1 is 1.06 bits per heavy atom. The summed E-state index contributed by atoms with van der Waals surface area (Å²) >= 11 is 1.59. The number of ether oxygens (including phenoxy) is 2. The van der Waals surface area contributed by atoms with Gasteiger partial charge >= 0.3 is 0 Å². The van der Waals surface area contributed by atoms with Crippen LogP contribution in [0.3, 0.4) is 0 Å². The van der Waals surface area contributed by atoms with Crippen molar-refractivity contribution in [2.75, 3.05) is 19.8 Å². The van der Waals surface area contributed by atoms with E-state index in [1.807, 2.05) is 29.8 Å². The number of nitrogens with zero attached hydrogens (tertiary/aromatic N) is 4. The Morgan fingerprint density at radius 3 is 2.66 bits per heavy atom. The summed E-state index contributed by atoms with van der Waals surface area (Å²) in [6.45, 7) is 1.32. The smallest absolute Gasteiger partial charge is 0.243 e. The average molecular weight is 473 g/mol. The molecular formula is C22H24N4O4S2. The highest BCUT2D eigenvalue weighted by molar-refractivity contribution is 7.98. The van der Waals surface area contributed by atoms with Crippen LogP contribution < -0.4 is 9.47 Å². The molecule has 1 aromatic heterocycles. The van der Waals surface area contributed by atoms with Crippen molar-refractivity contribution in [3.63, 3.8) is 0 Å². The van der Waals surface area contributed by atoms with Gasteiger partial charge < -0.3 is 14.0 Å². The fraction of sp³-hybridized carbons (Fsp3) is 0.364. The molecule has 0 bridgehead atoms. The van der Waals surface area contributed by atoms with Crippen LogP contribution in [0.4, 0.5) is 0 Å². The molecule has 2 aliphatic rings. The van der Waals surface area contributed by atoms with Crippen LogP contribution in [-0.2, 0) is 22.8 Å². The summed E-state index contributed by atoms with van der Waals surface area (Å²) in [6, 6.07) is 14.6. The maximum absolute atomic E-state index is 13.5. The molecule has 3 aromatic rings. The minimum Gasteiger partial charge on any atom is -0.486 e. The monoisotopic (exact) mass is 472 g/mol. The molecule has 168 valence electrons. The summed E-state index contributed by atoms with van der Waals surface area (Å²) in [4.78, 5) is 0.203. The molecule has 1 fully saturated rings. The molecule has 0 saturated carbocycles. The minimum absolute atomic E-state index is 0.203. The van der Waals surface area contributed by atoms with E-state index in [1.165, 1.54) is 9.87 Å². The van der Waals surface area contributed by atoms with Gasteiger partial charge in [-0.3, -0.25) is 0 Å². The maximum atomic E-state index is 13.5. The lowest BCUT2D eigenvalue weighted by molar-refractivity contribution is 0.171. The average Bonchev–Trinajstić information content (AvgIpc) is 3.45. The summed E-state index contributed by atoms with van der Waals surface area (Å²) < 4.78 is 41.6. The van der Waals surface area contributed by atoms with Crippen molar-refractivity contribution >= 4 is 21.8 Å². The Labute approximate surface area is 191 Å². The van der Waals surface area contributed by atoms with E-state index >= 15 is 0 Å². The molecule has 3 heterocycles. The fourth-order valence-corrected chi connectivity index (χ4v) is 6.61. The van der Waals surface area contributed by atoms with Gasteiger partial charge in [0, 0.05) is 25.4 Å². The lowest BCUT2D eigenvalue weighted by Gasteiger charge is -2.24. The third-order valence-electron chi connectivity index (χ3n) is 5.70. The van der Waals surface area contributed by atoms with Crippen LogP contribution in [0, 0.1) is 0 Å². The summed E-state index contributed by atoms with van der Waals surface area (Å²) in [5, 5.41) is 9.49. The Morgan fingerprint density at radius 2 is 1.84 bits per heavy atom. The second kappa shape index (κ2) is 8.76. The summed E-state index contributed by atoms with van der Waals surface area (Å²) in [6.07, 6.45) is 1.48. The molecule has 0 amide bonds. The Bertz CT molecular complexity index is 1210. The number of rotatable bonds is 6. The molecule has 0 unspecified atom stereocenters. The van der Waals surface area contributed by atoms with Crippen molar-refractivity contribution in [2.45, 2.75) is 34.7 Å². The first-order valence-corrected chi connectivity index (χ1v) is 12.9. The predicted octanol–water partition coefficient (Wildman–Crippen LogP) is 3.40. The third kappa shape index (κ3) is 3.98. The van der Waals surface area contributed by atoms with Crippen LogP contribution in [0.25, 0.3) is 0 Å². The normalized spacial score (nSPS) is 18.7. The first-order chi connectivity index (χ1) is 15.5. The Balaban J connectivity index is 1.38. The molecule has 2 aromatic carbocycles. The van der Waals surface area contributed by atoms with Crippen molar-refractivity contribution in [3.8, 4) is 11.5 Å². The first-order valence-electron chi connectivity index (χ1n) is 10.5. The SMILES string of the molecule is Cn1c(SCc2ccccc2)nnc1[C@H]1CCCN1S(=O)(=O)c1ccc2c(c1)OCCO2. The molecule has 5 rings (SSSR count). The van der Waals surface area contributed by atoms with Crippen LogP contribution >= 0.6 is 11.8 Å². The van der Waals surface area contributed by atoms with Gasteiger partial charge in [-0.15, -0.1) is 10.2 Å². The molecule has 0 N–H and O–H groups in total. The van der Waals surface area contributed by atoms with Gasteiger partial charge in [-0.2, -0.15) is 4.31 Å². The Hall–Kier alpha value is -2.56. The topological polar surface area (TPSA) is 86.6 Å². The standard InChI is InChI=1S/C22H24N4O4S2/c1-25-21(23-24-22(25)31-15-16-6-3-2-4-7-16)18-8-5-11-26(18)32(27,28)17-9-10-19-20(14-17)30-13-12-29-19/h2-4,6-7,9-10,14,18H,5,8,11-13,15H2,1H3/t18-/m1/s1. The quantitative estimate of drug-likeness (QED) is 0.508. The van der Waals surface area contributed by atoms with E-state index < -0.39 is 10.0 Å². The van der Waals surface area contributed by atoms with Gasteiger partial charge in [-0.1, -0.05) is 42.1 Å². The van der Waals surface area contributed by atoms with Crippen LogP contribution in [0.5, 0.6) is 11.5 Å². The maximum Gasteiger partial charge on any atom is 0.243 e. The molecule has 1 atom stereocenters. The number of sulfonamides is 1. The van der Waals surface area contributed by atoms with Gasteiger partial charge in [0.15, 0.2) is 22.5 Å². The van der Waals surface area contributed by atoms with E-state index in [9.17, 15) is 8.42 Å². The van der Waals surface area contributed by atoms with Gasteiger partial charge in [0.25, 0.3) is 0 Å². The lowest BCUT2D eigenvalue weighted by atomic mass is 10.2. The minimum atomic E-state index is -3.72. The highest BCUT2D eigenvalue weighted by atomic mass is 32.2. The zero-order valence-electron chi connectivity index (χ0n) is 17.7. The van der Waals surface area contributed by atoms with Gasteiger partial charge in [0.2, 0.25) is 10.0 Å². The first kappa shape index (κ1) is 21.3. The van der Waals surface area contributed by atoms with E-state index in [0.717, 1.165) is 17.3 Å². The molecule has 1 saturated heterocycles. The van der Waals surface area contributed by atoms with Crippen LogP contribution in [0.15, 0.2) is 58.6 Å². The number of aromatic nitrogens is 3. The van der Waals surface area contributed by atoms with Crippen LogP contribution in [0.2, 0.25) is 0 Å². The summed E-state index contributed by atoms with van der Waals surface area (Å²) in [5.74, 6) is 2.48. The van der Waals surface area contributed by atoms with Crippen molar-refractivity contribution in [3.05, 3.63) is 59.9 Å². The predicted molar refractivity (Wildman–Crippen MR) is 120 cm³/mol. The van der Waals surface area contributed by atoms with Gasteiger partial charge in [-0.05, 0) is 30.5 Å². The van der Waals surface area contributed by atoms with Crippen molar-refractivity contribution in [1.82, 2.24) is 19.1 Å². The van der Waals surface area contributed by atoms with Crippen molar-refractivity contribution in [2.24, 2.45) is 7.05 Å².